The smallest absolute Gasteiger partial charge is 0.404 e. The van der Waals surface area contributed by atoms with Gasteiger partial charge in [0.1, 0.15) is 5.78 Å². The molecule has 0 aromatic carbocycles. The van der Waals surface area contributed by atoms with E-state index in [1.807, 2.05) is 6.92 Å². The Balaban J connectivity index is 1.68. The third-order valence-corrected chi connectivity index (χ3v) is 9.80. The number of nitrogens with two attached hydrogens (primary N) is 1. The van der Waals surface area contributed by atoms with Crippen LogP contribution in [0.4, 0.5) is 0 Å². The monoisotopic (exact) mass is 567 g/mol. The number of nitrogens with one attached hydrogen (secondary N) is 2. The molecular formula is C26H46BN5O6S. The van der Waals surface area contributed by atoms with Crippen LogP contribution in [-0.2, 0) is 18.9 Å². The number of Topliss-reactive ketones (excluding diaryl/α,β-unsaturated/α-hetero) is 1. The highest BCUT2D eigenvalue weighted by atomic mass is 32.2. The van der Waals surface area contributed by atoms with Gasteiger partial charge in [0.25, 0.3) is 5.96 Å². The molecule has 0 unspecified atom stereocenters. The predicted octanol–water partition coefficient (Wildman–Crippen LogP) is 2.99. The Morgan fingerprint density at radius 1 is 1.28 bits per heavy atom. The highest BCUT2D eigenvalue weighted by Crippen LogP contribution is 2.65. The molecule has 11 nitrogen and oxygen atoms in total. The number of ketones is 1. The maximum Gasteiger partial charge on any atom is 0.481 e. The first kappa shape index (κ1) is 31.7. The summed E-state index contributed by atoms with van der Waals surface area (Å²) in [5.41, 5.74) is 7.15. The molecule has 0 aromatic rings. The van der Waals surface area contributed by atoms with E-state index < -0.39 is 18.1 Å². The van der Waals surface area contributed by atoms with Crippen LogP contribution in [-0.4, -0.2) is 65.5 Å². The van der Waals surface area contributed by atoms with Crippen LogP contribution < -0.4 is 16.5 Å². The van der Waals surface area contributed by atoms with Crippen molar-refractivity contribution in [3.8, 4) is 0 Å². The molecule has 6 atom stereocenters. The normalized spacial score (nSPS) is 28.8. The minimum Gasteiger partial charge on any atom is -0.404 e. The molecule has 39 heavy (non-hydrogen) atoms. The lowest BCUT2D eigenvalue weighted by Gasteiger charge is -2.64. The van der Waals surface area contributed by atoms with Crippen molar-refractivity contribution in [1.29, 1.82) is 0 Å². The van der Waals surface area contributed by atoms with Crippen LogP contribution in [0.25, 0.3) is 0 Å². The topological polar surface area (TPSA) is 158 Å². The van der Waals surface area contributed by atoms with Crippen molar-refractivity contribution in [2.75, 3.05) is 18.1 Å². The van der Waals surface area contributed by atoms with E-state index in [9.17, 15) is 19.7 Å². The Morgan fingerprint density at radius 3 is 2.62 bits per heavy atom. The minimum absolute atomic E-state index is 0.0189. The largest absolute Gasteiger partial charge is 0.481 e. The van der Waals surface area contributed by atoms with E-state index in [0.717, 1.165) is 18.6 Å². The number of hydrazine groups is 1. The number of nitrogens with zero attached hydrogens (tertiary/aromatic N) is 2. The molecule has 4 rings (SSSR count). The van der Waals surface area contributed by atoms with Crippen molar-refractivity contribution in [3.05, 3.63) is 10.1 Å². The van der Waals surface area contributed by atoms with Gasteiger partial charge in [-0.05, 0) is 67.9 Å². The SMILES string of the molecule is CCSCC(=O)C[C@@H](CCCN=C(N)N[N+](=O)[O-])C(=O)N[C@@H](CC(C)C)B1O[C@@H]2C[C@H]3C[C@H](C3(C)C)[C@]2(C)O1. The standard InChI is InChI=1S/C26H46BN5O6S/c1-7-39-15-19(33)12-17(9-8-10-29-24(28)31-32(35)36)23(34)30-22(11-16(2)3)27-37-21-14-18-13-20(25(18,4)5)26(21,6)38-27/h16-18,20-22H,7-15H2,1-6H3,(H,30,34)(H3,28,29,31)/t17-,18-,20-,21-,22+,26+/m1/s1. The van der Waals surface area contributed by atoms with Crippen molar-refractivity contribution >= 4 is 36.5 Å². The second-order valence-electron chi connectivity index (χ2n) is 12.4. The summed E-state index contributed by atoms with van der Waals surface area (Å²) >= 11 is 1.53. The molecule has 3 aliphatic carbocycles. The number of guanidine groups is 1. The van der Waals surface area contributed by atoms with Crippen molar-refractivity contribution < 1.29 is 23.9 Å². The molecule has 3 saturated carbocycles. The Kier molecular flexibility index (Phi) is 10.7. The van der Waals surface area contributed by atoms with Crippen LogP contribution in [0.5, 0.6) is 0 Å². The molecule has 0 aromatic heterocycles. The number of hydrogen-bond donors (Lipinski definition) is 3. The lowest BCUT2D eigenvalue weighted by Crippen LogP contribution is -2.65. The van der Waals surface area contributed by atoms with E-state index in [4.69, 9.17) is 15.0 Å². The minimum atomic E-state index is -0.776. The summed E-state index contributed by atoms with van der Waals surface area (Å²) in [5.74, 6) is 1.20. The molecule has 0 spiro atoms. The van der Waals surface area contributed by atoms with Gasteiger partial charge >= 0.3 is 7.12 Å². The highest BCUT2D eigenvalue weighted by Gasteiger charge is 2.68. The van der Waals surface area contributed by atoms with Crippen LogP contribution in [0.1, 0.15) is 80.1 Å². The Hall–Kier alpha value is -1.86. The fourth-order valence-electron chi connectivity index (χ4n) is 6.66. The van der Waals surface area contributed by atoms with Gasteiger partial charge in [0, 0.05) is 18.9 Å². The first-order valence-corrected chi connectivity index (χ1v) is 15.4. The van der Waals surface area contributed by atoms with Gasteiger partial charge < -0.3 is 20.4 Å². The third-order valence-electron chi connectivity index (χ3n) is 8.86. The van der Waals surface area contributed by atoms with Crippen LogP contribution in [0.15, 0.2) is 4.99 Å². The summed E-state index contributed by atoms with van der Waals surface area (Å²) in [6, 6.07) is 0. The molecule has 13 heteroatoms. The van der Waals surface area contributed by atoms with Gasteiger partial charge in [-0.15, -0.1) is 0 Å². The van der Waals surface area contributed by atoms with E-state index in [0.29, 0.717) is 42.8 Å². The number of amides is 1. The number of hydrogen-bond acceptors (Lipinski definition) is 8. The van der Waals surface area contributed by atoms with Crippen LogP contribution in [0, 0.1) is 39.2 Å². The Morgan fingerprint density at radius 2 is 2.00 bits per heavy atom. The van der Waals surface area contributed by atoms with Gasteiger partial charge in [-0.1, -0.05) is 40.0 Å². The molecular weight excluding hydrogens is 521 g/mol. The molecule has 4 aliphatic rings. The van der Waals surface area contributed by atoms with Crippen LogP contribution in [0.2, 0.25) is 0 Å². The Labute approximate surface area is 236 Å². The Bertz CT molecular complexity index is 937. The van der Waals surface area contributed by atoms with Gasteiger partial charge in [0.2, 0.25) is 5.91 Å². The quantitative estimate of drug-likeness (QED) is 0.0675. The maximum atomic E-state index is 13.6. The first-order chi connectivity index (χ1) is 18.3. The lowest BCUT2D eigenvalue weighted by atomic mass is 9.43. The first-order valence-electron chi connectivity index (χ1n) is 14.2. The number of rotatable bonds is 15. The summed E-state index contributed by atoms with van der Waals surface area (Å²) in [5, 5.41) is 12.9. The molecule has 4 fully saturated rings. The van der Waals surface area contributed by atoms with Gasteiger partial charge in [0.05, 0.1) is 23.4 Å². The summed E-state index contributed by atoms with van der Waals surface area (Å²) in [6.07, 6.45) is 3.83. The van der Waals surface area contributed by atoms with Gasteiger partial charge in [-0.25, -0.2) is 15.1 Å². The molecule has 0 radical (unpaired) electrons. The fourth-order valence-corrected chi connectivity index (χ4v) is 7.21. The van der Waals surface area contributed by atoms with Gasteiger partial charge in [-0.2, -0.15) is 11.8 Å². The zero-order valence-electron chi connectivity index (χ0n) is 24.2. The summed E-state index contributed by atoms with van der Waals surface area (Å²) in [6.45, 7) is 13.2. The average molecular weight is 568 g/mol. The van der Waals surface area contributed by atoms with E-state index in [1.165, 1.54) is 11.8 Å². The highest BCUT2D eigenvalue weighted by molar-refractivity contribution is 7.99. The van der Waals surface area contributed by atoms with Crippen molar-refractivity contribution in [1.82, 2.24) is 10.7 Å². The molecule has 1 heterocycles. The summed E-state index contributed by atoms with van der Waals surface area (Å²) in [7, 11) is -0.536. The zero-order valence-corrected chi connectivity index (χ0v) is 25.1. The molecule has 4 N–H and O–H groups in total. The molecule has 1 aliphatic heterocycles. The molecule has 1 saturated heterocycles. The number of carbonyl (C=O) groups excluding carboxylic acids is 2. The van der Waals surface area contributed by atoms with E-state index in [1.54, 1.807) is 5.43 Å². The maximum absolute atomic E-state index is 13.6. The van der Waals surface area contributed by atoms with Crippen molar-refractivity contribution in [2.45, 2.75) is 97.7 Å². The second-order valence-corrected chi connectivity index (χ2v) is 13.7. The van der Waals surface area contributed by atoms with E-state index in [2.05, 4.69) is 44.9 Å². The summed E-state index contributed by atoms with van der Waals surface area (Å²) in [4.78, 5) is 40.7. The zero-order chi connectivity index (χ0) is 29.0. The number of aliphatic imine (C=N–C) groups is 1. The van der Waals surface area contributed by atoms with Gasteiger partial charge in [-0.3, -0.25) is 9.59 Å². The molecule has 220 valence electrons. The molecule has 1 amide bonds. The van der Waals surface area contributed by atoms with Gasteiger partial charge in [0.15, 0.2) is 5.03 Å². The number of nitro groups is 1. The fraction of sp³-hybridized carbons (Fsp3) is 0.885. The average Bonchev–Trinajstić information content (AvgIpc) is 3.20. The predicted molar refractivity (Wildman–Crippen MR) is 153 cm³/mol. The number of thioether (sulfide) groups is 1. The van der Waals surface area contributed by atoms with Crippen molar-refractivity contribution in [3.63, 3.8) is 0 Å². The van der Waals surface area contributed by atoms with Crippen molar-refractivity contribution in [2.24, 2.45) is 39.8 Å². The number of carbonyl (C=O) groups is 2. The van der Waals surface area contributed by atoms with Crippen LogP contribution >= 0.6 is 11.8 Å². The van der Waals surface area contributed by atoms with Crippen LogP contribution in [0.3, 0.4) is 0 Å². The molecule has 2 bridgehead atoms. The second kappa shape index (κ2) is 13.2. The van der Waals surface area contributed by atoms with E-state index >= 15 is 0 Å². The third kappa shape index (κ3) is 7.67. The lowest BCUT2D eigenvalue weighted by molar-refractivity contribution is -0.525. The summed E-state index contributed by atoms with van der Waals surface area (Å²) < 4.78 is 13.2. The van der Waals surface area contributed by atoms with E-state index in [-0.39, 0.29) is 53.7 Å².